The molecule has 6 heteroatoms. The minimum absolute atomic E-state index is 0.126. The van der Waals surface area contributed by atoms with Crippen LogP contribution in [0, 0.1) is 0 Å². The van der Waals surface area contributed by atoms with E-state index in [1.54, 1.807) is 6.20 Å². The van der Waals surface area contributed by atoms with Crippen molar-refractivity contribution in [2.24, 2.45) is 0 Å². The van der Waals surface area contributed by atoms with Crippen LogP contribution in [0.4, 0.5) is 11.5 Å². The Balaban J connectivity index is 1.37. The van der Waals surface area contributed by atoms with Crippen LogP contribution in [0.2, 0.25) is 0 Å². The van der Waals surface area contributed by atoms with Gasteiger partial charge in [-0.3, -0.25) is 9.69 Å². The van der Waals surface area contributed by atoms with Crippen molar-refractivity contribution in [2.45, 2.75) is 76.8 Å². The van der Waals surface area contributed by atoms with E-state index in [0.717, 1.165) is 25.1 Å². The number of likely N-dealkylation sites (tertiary alicyclic amines) is 1. The second kappa shape index (κ2) is 9.21. The molecular formula is C24H35N5O. The van der Waals surface area contributed by atoms with Crippen LogP contribution in [0.25, 0.3) is 0 Å². The highest BCUT2D eigenvalue weighted by atomic mass is 16.2. The van der Waals surface area contributed by atoms with Gasteiger partial charge in [0, 0.05) is 24.3 Å². The van der Waals surface area contributed by atoms with Crippen LogP contribution in [0.15, 0.2) is 30.5 Å². The lowest BCUT2D eigenvalue weighted by molar-refractivity contribution is -0.120. The number of aromatic nitrogens is 2. The number of carbonyl (C=O) groups is 1. The second-order valence-corrected chi connectivity index (χ2v) is 9.03. The van der Waals surface area contributed by atoms with Gasteiger partial charge in [0.2, 0.25) is 5.91 Å². The Morgan fingerprint density at radius 2 is 1.83 bits per heavy atom. The molecule has 0 spiro atoms. The largest absolute Gasteiger partial charge is 0.384 e. The summed E-state index contributed by atoms with van der Waals surface area (Å²) >= 11 is 0. The Kier molecular flexibility index (Phi) is 6.42. The summed E-state index contributed by atoms with van der Waals surface area (Å²) in [4.78, 5) is 25.3. The number of carbonyl (C=O) groups excluding carboxylic acids is 1. The van der Waals surface area contributed by atoms with Gasteiger partial charge < -0.3 is 15.6 Å². The zero-order valence-electron chi connectivity index (χ0n) is 18.3. The Bertz CT molecular complexity index is 853. The fourth-order valence-electron chi connectivity index (χ4n) is 5.19. The first-order chi connectivity index (χ1) is 14.5. The highest BCUT2D eigenvalue weighted by molar-refractivity contribution is 6.00. The van der Waals surface area contributed by atoms with Gasteiger partial charge in [-0.25, -0.2) is 4.98 Å². The quantitative estimate of drug-likeness (QED) is 0.675. The van der Waals surface area contributed by atoms with Gasteiger partial charge in [0.05, 0.1) is 6.20 Å². The maximum Gasteiger partial charge on any atom is 0.238 e. The number of hydrogen-bond donors (Lipinski definition) is 2. The summed E-state index contributed by atoms with van der Waals surface area (Å²) in [5, 5.41) is 0. The number of unbranched alkanes of at least 4 members (excludes halogenated alkanes) is 2. The van der Waals surface area contributed by atoms with E-state index in [1.807, 2.05) is 17.0 Å². The summed E-state index contributed by atoms with van der Waals surface area (Å²) in [6.07, 6.45) is 9.61. The van der Waals surface area contributed by atoms with Crippen molar-refractivity contribution in [1.82, 2.24) is 14.9 Å². The van der Waals surface area contributed by atoms with E-state index in [1.165, 1.54) is 37.8 Å². The number of para-hydroxylation sites is 1. The van der Waals surface area contributed by atoms with E-state index < -0.39 is 0 Å². The maximum absolute atomic E-state index is 13.3. The van der Waals surface area contributed by atoms with Crippen LogP contribution in [-0.4, -0.2) is 45.9 Å². The summed E-state index contributed by atoms with van der Waals surface area (Å²) in [6, 6.07) is 9.64. The standard InChI is InChI=1S/C24H35N5O/c1-17-9-8-10-18(2)28(17)13-6-3-7-14-29-21-12-5-4-11-19(21)15-20(24(29)30)23-26-16-22(25)27-23/h4-5,11-12,16-18,20H,3,6-10,13-15,25H2,1-2H3,(H,26,27)/t17-,18+,20?. The zero-order valence-corrected chi connectivity index (χ0v) is 18.3. The van der Waals surface area contributed by atoms with Crippen molar-refractivity contribution in [1.29, 1.82) is 0 Å². The first-order valence-corrected chi connectivity index (χ1v) is 11.5. The van der Waals surface area contributed by atoms with E-state index >= 15 is 0 Å². The average molecular weight is 410 g/mol. The molecule has 0 aliphatic carbocycles. The monoisotopic (exact) mass is 409 g/mol. The number of imidazole rings is 1. The molecule has 6 nitrogen and oxygen atoms in total. The van der Waals surface area contributed by atoms with Gasteiger partial charge in [0.25, 0.3) is 0 Å². The van der Waals surface area contributed by atoms with E-state index in [4.69, 9.17) is 5.73 Å². The van der Waals surface area contributed by atoms with E-state index in [0.29, 0.717) is 30.1 Å². The molecule has 2 aliphatic heterocycles. The first-order valence-electron chi connectivity index (χ1n) is 11.5. The molecule has 1 aromatic carbocycles. The molecule has 3 heterocycles. The van der Waals surface area contributed by atoms with Crippen LogP contribution < -0.4 is 10.6 Å². The number of nitrogens with one attached hydrogen (secondary N) is 1. The molecule has 2 aromatic rings. The lowest BCUT2D eigenvalue weighted by atomic mass is 9.91. The summed E-state index contributed by atoms with van der Waals surface area (Å²) < 4.78 is 0. The first kappa shape index (κ1) is 20.9. The van der Waals surface area contributed by atoms with E-state index in [-0.39, 0.29) is 11.8 Å². The normalized spacial score (nSPS) is 24.8. The number of nitrogens with two attached hydrogens (primary N) is 1. The van der Waals surface area contributed by atoms with Gasteiger partial charge in [-0.2, -0.15) is 0 Å². The molecule has 1 amide bonds. The number of rotatable bonds is 7. The highest BCUT2D eigenvalue weighted by Crippen LogP contribution is 2.35. The molecule has 162 valence electrons. The predicted octanol–water partition coefficient (Wildman–Crippen LogP) is 4.10. The SMILES string of the molecule is C[C@@H]1CCC[C@H](C)N1CCCCCN1C(=O)C(c2ncc(N)[nH]2)Cc2ccccc21. The third kappa shape index (κ3) is 4.38. The van der Waals surface area contributed by atoms with Gasteiger partial charge in [0.1, 0.15) is 17.6 Å². The van der Waals surface area contributed by atoms with Gasteiger partial charge >= 0.3 is 0 Å². The van der Waals surface area contributed by atoms with Gasteiger partial charge in [-0.05, 0) is 64.1 Å². The smallest absolute Gasteiger partial charge is 0.238 e. The third-order valence-corrected chi connectivity index (χ3v) is 6.89. The van der Waals surface area contributed by atoms with Crippen LogP contribution in [0.3, 0.4) is 0 Å². The molecule has 0 radical (unpaired) electrons. The number of H-pyrrole nitrogens is 1. The van der Waals surface area contributed by atoms with Crippen molar-refractivity contribution in [3.8, 4) is 0 Å². The van der Waals surface area contributed by atoms with Crippen molar-refractivity contribution >= 4 is 17.4 Å². The molecule has 1 unspecified atom stereocenters. The highest BCUT2D eigenvalue weighted by Gasteiger charge is 2.35. The number of aromatic amines is 1. The number of piperidine rings is 1. The predicted molar refractivity (Wildman–Crippen MR) is 122 cm³/mol. The maximum atomic E-state index is 13.3. The molecule has 1 fully saturated rings. The summed E-state index contributed by atoms with van der Waals surface area (Å²) in [5.74, 6) is 1.02. The van der Waals surface area contributed by atoms with E-state index in [9.17, 15) is 4.79 Å². The number of hydrogen-bond acceptors (Lipinski definition) is 4. The van der Waals surface area contributed by atoms with Crippen molar-refractivity contribution in [3.63, 3.8) is 0 Å². The van der Waals surface area contributed by atoms with Crippen LogP contribution in [0.5, 0.6) is 0 Å². The molecule has 3 N–H and O–H groups in total. The Morgan fingerprint density at radius 1 is 1.10 bits per heavy atom. The van der Waals surface area contributed by atoms with Crippen molar-refractivity contribution in [3.05, 3.63) is 41.9 Å². The minimum Gasteiger partial charge on any atom is -0.384 e. The van der Waals surface area contributed by atoms with Gasteiger partial charge in [-0.15, -0.1) is 0 Å². The summed E-state index contributed by atoms with van der Waals surface area (Å²) in [5.41, 5.74) is 8.06. The lowest BCUT2D eigenvalue weighted by Crippen LogP contribution is -2.44. The molecule has 30 heavy (non-hydrogen) atoms. The van der Waals surface area contributed by atoms with Gasteiger partial charge in [-0.1, -0.05) is 31.0 Å². The average Bonchev–Trinajstić information content (AvgIpc) is 3.16. The topological polar surface area (TPSA) is 78.2 Å². The molecule has 3 atom stereocenters. The fourth-order valence-corrected chi connectivity index (χ4v) is 5.19. The fraction of sp³-hybridized carbons (Fsp3) is 0.583. The summed E-state index contributed by atoms with van der Waals surface area (Å²) in [6.45, 7) is 6.65. The number of fused-ring (bicyclic) bond motifs is 1. The Morgan fingerprint density at radius 3 is 2.57 bits per heavy atom. The number of nitrogens with zero attached hydrogens (tertiary/aromatic N) is 3. The molecule has 0 saturated carbocycles. The van der Waals surface area contributed by atoms with Crippen LogP contribution in [-0.2, 0) is 11.2 Å². The molecule has 4 rings (SSSR count). The molecule has 2 aliphatic rings. The number of amides is 1. The zero-order chi connectivity index (χ0) is 21.1. The third-order valence-electron chi connectivity index (χ3n) is 6.89. The minimum atomic E-state index is -0.285. The summed E-state index contributed by atoms with van der Waals surface area (Å²) in [7, 11) is 0. The molecule has 0 bridgehead atoms. The molecule has 1 aromatic heterocycles. The van der Waals surface area contributed by atoms with Crippen molar-refractivity contribution in [2.75, 3.05) is 23.7 Å². The molecular weight excluding hydrogens is 374 g/mol. The van der Waals surface area contributed by atoms with E-state index in [2.05, 4.69) is 40.8 Å². The number of benzene rings is 1. The lowest BCUT2D eigenvalue weighted by Gasteiger charge is -2.39. The number of nitrogen functional groups attached to an aromatic ring is 1. The van der Waals surface area contributed by atoms with Crippen molar-refractivity contribution < 1.29 is 4.79 Å². The second-order valence-electron chi connectivity index (χ2n) is 9.03. The Hall–Kier alpha value is -2.34. The number of anilines is 2. The molecule has 1 saturated heterocycles. The van der Waals surface area contributed by atoms with Crippen LogP contribution in [0.1, 0.15) is 69.7 Å². The Labute approximate surface area is 179 Å². The van der Waals surface area contributed by atoms with Crippen LogP contribution >= 0.6 is 0 Å². The van der Waals surface area contributed by atoms with Gasteiger partial charge in [0.15, 0.2) is 0 Å².